The van der Waals surface area contributed by atoms with Crippen LogP contribution in [0.15, 0.2) is 18.2 Å². The quantitative estimate of drug-likeness (QED) is 0.799. The Kier molecular flexibility index (Phi) is 4.00. The summed E-state index contributed by atoms with van der Waals surface area (Å²) in [6, 6.07) is 5.21. The Morgan fingerprint density at radius 2 is 2.18 bits per heavy atom. The second-order valence-corrected chi connectivity index (χ2v) is 5.01. The molecule has 1 aromatic carbocycles. The molecule has 1 aromatic rings. The van der Waals surface area contributed by atoms with E-state index >= 15 is 0 Å². The fourth-order valence-electron chi connectivity index (χ4n) is 2.50. The molecule has 0 bridgehead atoms. The Morgan fingerprint density at radius 1 is 1.35 bits per heavy atom. The number of hydrogen-bond acceptors (Lipinski definition) is 2. The lowest BCUT2D eigenvalue weighted by molar-refractivity contribution is 0.205. The van der Waals surface area contributed by atoms with Crippen molar-refractivity contribution in [3.05, 3.63) is 29.6 Å². The van der Waals surface area contributed by atoms with E-state index in [1.807, 2.05) is 0 Å². The Labute approximate surface area is 103 Å². The van der Waals surface area contributed by atoms with Gasteiger partial charge in [0.2, 0.25) is 0 Å². The van der Waals surface area contributed by atoms with Crippen molar-refractivity contribution in [2.45, 2.75) is 45.2 Å². The zero-order chi connectivity index (χ0) is 12.3. The lowest BCUT2D eigenvalue weighted by atomic mass is 10.1. The molecule has 0 radical (unpaired) electrons. The van der Waals surface area contributed by atoms with E-state index in [0.717, 1.165) is 18.7 Å². The number of anilines is 1. The number of likely N-dealkylation sites (tertiary alicyclic amines) is 1. The Bertz CT molecular complexity index is 378. The average molecular weight is 236 g/mol. The summed E-state index contributed by atoms with van der Waals surface area (Å²) in [6.45, 7) is 4.11. The summed E-state index contributed by atoms with van der Waals surface area (Å²) in [5.74, 6) is -0.198. The summed E-state index contributed by atoms with van der Waals surface area (Å²) in [5, 5.41) is 0. The van der Waals surface area contributed by atoms with E-state index in [0.29, 0.717) is 11.7 Å². The molecule has 1 saturated heterocycles. The van der Waals surface area contributed by atoms with Crippen LogP contribution in [0, 0.1) is 5.82 Å². The van der Waals surface area contributed by atoms with Gasteiger partial charge in [-0.2, -0.15) is 0 Å². The van der Waals surface area contributed by atoms with Gasteiger partial charge < -0.3 is 5.73 Å². The standard InChI is InChI=1S/C14H21FN2/c1-11-5-3-2-4-8-17(11)10-12-9-13(15)6-7-14(12)16/h6-7,9,11H,2-5,8,10,16H2,1H3. The minimum Gasteiger partial charge on any atom is -0.398 e. The van der Waals surface area contributed by atoms with E-state index in [4.69, 9.17) is 5.73 Å². The molecule has 2 N–H and O–H groups in total. The van der Waals surface area contributed by atoms with Gasteiger partial charge in [-0.15, -0.1) is 0 Å². The first kappa shape index (κ1) is 12.4. The minimum absolute atomic E-state index is 0.198. The minimum atomic E-state index is -0.198. The van der Waals surface area contributed by atoms with Gasteiger partial charge in [0, 0.05) is 18.3 Å². The van der Waals surface area contributed by atoms with Gasteiger partial charge in [-0.1, -0.05) is 12.8 Å². The number of benzene rings is 1. The van der Waals surface area contributed by atoms with Gasteiger partial charge in [0.05, 0.1) is 0 Å². The highest BCUT2D eigenvalue weighted by Crippen LogP contribution is 2.21. The van der Waals surface area contributed by atoms with Crippen LogP contribution in [0.1, 0.15) is 38.2 Å². The number of nitrogen functional groups attached to an aromatic ring is 1. The first-order valence-electron chi connectivity index (χ1n) is 6.45. The molecule has 0 spiro atoms. The van der Waals surface area contributed by atoms with Crippen LogP contribution in [0.5, 0.6) is 0 Å². The highest BCUT2D eigenvalue weighted by Gasteiger charge is 2.17. The summed E-state index contributed by atoms with van der Waals surface area (Å²) in [7, 11) is 0. The van der Waals surface area contributed by atoms with Crippen LogP contribution in [0.3, 0.4) is 0 Å². The molecule has 1 aliphatic heterocycles. The van der Waals surface area contributed by atoms with Crippen molar-refractivity contribution >= 4 is 5.69 Å². The summed E-state index contributed by atoms with van der Waals surface area (Å²) >= 11 is 0. The number of rotatable bonds is 2. The van der Waals surface area contributed by atoms with Crippen molar-refractivity contribution < 1.29 is 4.39 Å². The zero-order valence-corrected chi connectivity index (χ0v) is 10.5. The van der Waals surface area contributed by atoms with Crippen LogP contribution in [-0.4, -0.2) is 17.5 Å². The molecule has 0 amide bonds. The maximum atomic E-state index is 13.2. The Balaban J connectivity index is 2.10. The number of nitrogens with zero attached hydrogens (tertiary/aromatic N) is 1. The van der Waals surface area contributed by atoms with E-state index in [2.05, 4.69) is 11.8 Å². The van der Waals surface area contributed by atoms with Crippen molar-refractivity contribution in [1.82, 2.24) is 4.90 Å². The fourth-order valence-corrected chi connectivity index (χ4v) is 2.50. The second-order valence-electron chi connectivity index (χ2n) is 5.01. The van der Waals surface area contributed by atoms with E-state index in [9.17, 15) is 4.39 Å². The SMILES string of the molecule is CC1CCCCCN1Cc1cc(F)ccc1N. The highest BCUT2D eigenvalue weighted by molar-refractivity contribution is 5.46. The molecule has 2 rings (SSSR count). The van der Waals surface area contributed by atoms with Crippen LogP contribution in [0.4, 0.5) is 10.1 Å². The highest BCUT2D eigenvalue weighted by atomic mass is 19.1. The monoisotopic (exact) mass is 236 g/mol. The molecule has 1 aliphatic rings. The molecule has 0 aromatic heterocycles. The van der Waals surface area contributed by atoms with Gasteiger partial charge in [0.15, 0.2) is 0 Å². The third-order valence-corrected chi connectivity index (χ3v) is 3.67. The molecular weight excluding hydrogens is 215 g/mol. The molecule has 1 fully saturated rings. The van der Waals surface area contributed by atoms with Crippen LogP contribution in [0.2, 0.25) is 0 Å². The predicted molar refractivity (Wildman–Crippen MR) is 69.2 cm³/mol. The molecule has 3 heteroatoms. The van der Waals surface area contributed by atoms with Crippen LogP contribution < -0.4 is 5.73 Å². The van der Waals surface area contributed by atoms with Gasteiger partial charge in [0.25, 0.3) is 0 Å². The van der Waals surface area contributed by atoms with Crippen molar-refractivity contribution in [1.29, 1.82) is 0 Å². The molecule has 0 saturated carbocycles. The first-order chi connectivity index (χ1) is 8.16. The van der Waals surface area contributed by atoms with E-state index in [1.165, 1.54) is 31.7 Å². The largest absolute Gasteiger partial charge is 0.398 e. The number of nitrogens with two attached hydrogens (primary N) is 1. The molecule has 1 atom stereocenters. The van der Waals surface area contributed by atoms with Crippen molar-refractivity contribution in [3.8, 4) is 0 Å². The summed E-state index contributed by atoms with van der Waals surface area (Å²) in [5.41, 5.74) is 7.51. The summed E-state index contributed by atoms with van der Waals surface area (Å²) in [4.78, 5) is 2.41. The van der Waals surface area contributed by atoms with Crippen molar-refractivity contribution in [3.63, 3.8) is 0 Å². The third kappa shape index (κ3) is 3.19. The average Bonchev–Trinajstić information content (AvgIpc) is 2.50. The fraction of sp³-hybridized carbons (Fsp3) is 0.571. The smallest absolute Gasteiger partial charge is 0.123 e. The number of halogens is 1. The molecule has 0 aliphatic carbocycles. The lowest BCUT2D eigenvalue weighted by Crippen LogP contribution is -2.32. The summed E-state index contributed by atoms with van der Waals surface area (Å²) in [6.07, 6.45) is 5.07. The van der Waals surface area contributed by atoms with Gasteiger partial charge in [-0.05, 0) is 50.1 Å². The third-order valence-electron chi connectivity index (χ3n) is 3.67. The summed E-state index contributed by atoms with van der Waals surface area (Å²) < 4.78 is 13.2. The van der Waals surface area contributed by atoms with Crippen molar-refractivity contribution in [2.24, 2.45) is 0 Å². The molecular formula is C14H21FN2. The van der Waals surface area contributed by atoms with Crippen LogP contribution >= 0.6 is 0 Å². The zero-order valence-electron chi connectivity index (χ0n) is 10.5. The van der Waals surface area contributed by atoms with Crippen LogP contribution in [-0.2, 0) is 6.54 Å². The molecule has 94 valence electrons. The van der Waals surface area contributed by atoms with E-state index < -0.39 is 0 Å². The van der Waals surface area contributed by atoms with E-state index in [-0.39, 0.29) is 5.82 Å². The van der Waals surface area contributed by atoms with Crippen LogP contribution in [0.25, 0.3) is 0 Å². The molecule has 1 unspecified atom stereocenters. The number of hydrogen-bond donors (Lipinski definition) is 1. The lowest BCUT2D eigenvalue weighted by Gasteiger charge is -2.27. The van der Waals surface area contributed by atoms with Gasteiger partial charge in [0.1, 0.15) is 5.82 Å². The first-order valence-corrected chi connectivity index (χ1v) is 6.45. The Hall–Kier alpha value is -1.09. The van der Waals surface area contributed by atoms with E-state index in [1.54, 1.807) is 12.1 Å². The van der Waals surface area contributed by atoms with Gasteiger partial charge in [-0.3, -0.25) is 4.90 Å². The molecule has 17 heavy (non-hydrogen) atoms. The van der Waals surface area contributed by atoms with Gasteiger partial charge in [-0.25, -0.2) is 4.39 Å². The normalized spacial score (nSPS) is 22.4. The van der Waals surface area contributed by atoms with Gasteiger partial charge >= 0.3 is 0 Å². The molecule has 1 heterocycles. The maximum Gasteiger partial charge on any atom is 0.123 e. The Morgan fingerprint density at radius 3 is 3.00 bits per heavy atom. The van der Waals surface area contributed by atoms with Crippen molar-refractivity contribution in [2.75, 3.05) is 12.3 Å². The topological polar surface area (TPSA) is 29.3 Å². The second kappa shape index (κ2) is 5.50. The molecule has 2 nitrogen and oxygen atoms in total. The predicted octanol–water partition coefficient (Wildman–Crippen LogP) is 3.17. The maximum absolute atomic E-state index is 13.2.